The minimum absolute atomic E-state index is 0.121. The first-order valence-corrected chi connectivity index (χ1v) is 10.2. The molecule has 0 spiro atoms. The summed E-state index contributed by atoms with van der Waals surface area (Å²) in [5.74, 6) is 1.29. The first-order chi connectivity index (χ1) is 12.2. The van der Waals surface area contributed by atoms with Gasteiger partial charge in [0.25, 0.3) is 0 Å². The van der Waals surface area contributed by atoms with Crippen LogP contribution in [-0.4, -0.2) is 52.8 Å². The predicted molar refractivity (Wildman–Crippen MR) is 95.7 cm³/mol. The first kappa shape index (κ1) is 18.4. The number of hydrogen-bond donors (Lipinski definition) is 1. The van der Waals surface area contributed by atoms with Crippen LogP contribution < -0.4 is 5.32 Å². The van der Waals surface area contributed by atoms with Crippen LogP contribution in [0.15, 0.2) is 10.6 Å². The number of nitrogens with zero attached hydrogens (tertiary/aromatic N) is 4. The molecule has 0 saturated carbocycles. The van der Waals surface area contributed by atoms with Gasteiger partial charge in [0, 0.05) is 24.4 Å². The number of amides is 2. The molecule has 0 bridgehead atoms. The van der Waals surface area contributed by atoms with Crippen molar-refractivity contribution in [1.29, 1.82) is 0 Å². The van der Waals surface area contributed by atoms with Crippen LogP contribution in [0.2, 0.25) is 0 Å². The number of aryl methyl sites for hydroxylation is 2. The first-order valence-electron chi connectivity index (χ1n) is 8.36. The maximum Gasteiger partial charge on any atom is 0.323 e. The molecular weight excluding hydrogens is 358 g/mol. The van der Waals surface area contributed by atoms with E-state index in [9.17, 15) is 13.2 Å². The van der Waals surface area contributed by atoms with Gasteiger partial charge >= 0.3 is 6.03 Å². The molecule has 26 heavy (non-hydrogen) atoms. The smallest absolute Gasteiger partial charge is 0.323 e. The Morgan fingerprint density at radius 3 is 2.73 bits per heavy atom. The fourth-order valence-corrected chi connectivity index (χ4v) is 4.88. The highest BCUT2D eigenvalue weighted by Gasteiger charge is 2.31. The highest BCUT2D eigenvalue weighted by molar-refractivity contribution is 7.91. The zero-order chi connectivity index (χ0) is 19.1. The number of sulfone groups is 1. The molecule has 1 aliphatic heterocycles. The lowest BCUT2D eigenvalue weighted by Crippen LogP contribution is -2.31. The zero-order valence-electron chi connectivity index (χ0n) is 15.3. The number of rotatable bonds is 4. The van der Waals surface area contributed by atoms with E-state index in [1.54, 1.807) is 24.7 Å². The summed E-state index contributed by atoms with van der Waals surface area (Å²) in [6, 6.07) is 1.19. The fraction of sp³-hybridized carbons (Fsp3) is 0.562. The number of carbonyl (C=O) groups excluding carboxylic acids is 1. The van der Waals surface area contributed by atoms with Crippen molar-refractivity contribution in [2.45, 2.75) is 39.8 Å². The number of hydrogen-bond acceptors (Lipinski definition) is 6. The molecule has 3 heterocycles. The van der Waals surface area contributed by atoms with Crippen LogP contribution in [0.1, 0.15) is 35.2 Å². The van der Waals surface area contributed by atoms with Gasteiger partial charge in [0.1, 0.15) is 5.76 Å². The Labute approximate surface area is 152 Å². The van der Waals surface area contributed by atoms with Crippen LogP contribution in [0, 0.1) is 20.8 Å². The van der Waals surface area contributed by atoms with Gasteiger partial charge in [0.2, 0.25) is 0 Å². The van der Waals surface area contributed by atoms with E-state index in [0.29, 0.717) is 24.5 Å². The van der Waals surface area contributed by atoms with Crippen LogP contribution >= 0.6 is 0 Å². The average molecular weight is 381 g/mol. The van der Waals surface area contributed by atoms with Crippen molar-refractivity contribution < 1.29 is 17.7 Å². The molecule has 3 rings (SSSR count). The molecule has 1 atom stereocenters. The third-order valence-electron chi connectivity index (χ3n) is 4.63. The SMILES string of the molecule is Cc1cc(NC(=O)N(C)Cc2c(C)nn(C3CCS(=O)(=O)C3)c2C)no1. The summed E-state index contributed by atoms with van der Waals surface area (Å²) in [5, 5.41) is 10.9. The number of aromatic nitrogens is 3. The highest BCUT2D eigenvalue weighted by atomic mass is 32.2. The van der Waals surface area contributed by atoms with Crippen LogP contribution in [0.3, 0.4) is 0 Å². The lowest BCUT2D eigenvalue weighted by atomic mass is 10.2. The Hall–Kier alpha value is -2.36. The Kier molecular flexibility index (Phi) is 4.78. The van der Waals surface area contributed by atoms with Crippen LogP contribution in [0.25, 0.3) is 0 Å². The van der Waals surface area contributed by atoms with Gasteiger partial charge in [-0.15, -0.1) is 0 Å². The lowest BCUT2D eigenvalue weighted by Gasteiger charge is -2.18. The molecule has 0 aliphatic carbocycles. The molecular formula is C16H23N5O4S. The summed E-state index contributed by atoms with van der Waals surface area (Å²) >= 11 is 0. The third kappa shape index (κ3) is 3.74. The molecule has 1 unspecified atom stereocenters. The normalized spacial score (nSPS) is 18.8. The van der Waals surface area contributed by atoms with E-state index in [1.807, 2.05) is 13.8 Å². The minimum atomic E-state index is -2.98. The lowest BCUT2D eigenvalue weighted by molar-refractivity contribution is 0.220. The molecule has 1 saturated heterocycles. The molecule has 2 aromatic heterocycles. The summed E-state index contributed by atoms with van der Waals surface area (Å²) in [7, 11) is -1.31. The second kappa shape index (κ2) is 6.75. The van der Waals surface area contributed by atoms with Crippen molar-refractivity contribution in [3.05, 3.63) is 28.8 Å². The van der Waals surface area contributed by atoms with Crippen molar-refractivity contribution >= 4 is 21.7 Å². The van der Waals surface area contributed by atoms with Crippen molar-refractivity contribution in [3.63, 3.8) is 0 Å². The second-order valence-corrected chi connectivity index (χ2v) is 8.99. The van der Waals surface area contributed by atoms with E-state index in [-0.39, 0.29) is 23.6 Å². The van der Waals surface area contributed by atoms with E-state index >= 15 is 0 Å². The summed E-state index contributed by atoms with van der Waals surface area (Å²) < 4.78 is 30.2. The third-order valence-corrected chi connectivity index (χ3v) is 6.38. The number of anilines is 1. The van der Waals surface area contributed by atoms with E-state index < -0.39 is 9.84 Å². The Bertz CT molecular complexity index is 931. The van der Waals surface area contributed by atoms with Gasteiger partial charge in [-0.2, -0.15) is 5.10 Å². The zero-order valence-corrected chi connectivity index (χ0v) is 16.1. The maximum absolute atomic E-state index is 12.3. The number of carbonyl (C=O) groups is 1. The van der Waals surface area contributed by atoms with Crippen molar-refractivity contribution in [2.75, 3.05) is 23.9 Å². The minimum Gasteiger partial charge on any atom is -0.360 e. The van der Waals surface area contributed by atoms with Gasteiger partial charge < -0.3 is 9.42 Å². The molecule has 1 fully saturated rings. The summed E-state index contributed by atoms with van der Waals surface area (Å²) in [5.41, 5.74) is 2.61. The van der Waals surface area contributed by atoms with Crippen LogP contribution in [-0.2, 0) is 16.4 Å². The Morgan fingerprint density at radius 2 is 2.15 bits per heavy atom. The summed E-state index contributed by atoms with van der Waals surface area (Å²) in [6.45, 7) is 5.89. The van der Waals surface area contributed by atoms with E-state index in [1.165, 1.54) is 4.90 Å². The van der Waals surface area contributed by atoms with Gasteiger partial charge in [-0.05, 0) is 27.2 Å². The van der Waals surface area contributed by atoms with E-state index in [2.05, 4.69) is 15.6 Å². The highest BCUT2D eigenvalue weighted by Crippen LogP contribution is 2.27. The topological polar surface area (TPSA) is 110 Å². The Morgan fingerprint density at radius 1 is 1.42 bits per heavy atom. The molecule has 1 N–H and O–H groups in total. The maximum atomic E-state index is 12.3. The van der Waals surface area contributed by atoms with Gasteiger partial charge in [0.15, 0.2) is 15.7 Å². The van der Waals surface area contributed by atoms with Gasteiger partial charge in [0.05, 0.1) is 29.8 Å². The summed E-state index contributed by atoms with van der Waals surface area (Å²) in [6.07, 6.45) is 0.575. The van der Waals surface area contributed by atoms with Gasteiger partial charge in [-0.3, -0.25) is 10.00 Å². The van der Waals surface area contributed by atoms with Crippen molar-refractivity contribution in [3.8, 4) is 0 Å². The molecule has 10 heteroatoms. The monoisotopic (exact) mass is 381 g/mol. The molecule has 9 nitrogen and oxygen atoms in total. The number of urea groups is 1. The predicted octanol–water partition coefficient (Wildman–Crippen LogP) is 1.82. The molecule has 0 radical (unpaired) electrons. The number of nitrogens with one attached hydrogen (secondary N) is 1. The van der Waals surface area contributed by atoms with Crippen LogP contribution in [0.5, 0.6) is 0 Å². The largest absolute Gasteiger partial charge is 0.360 e. The molecule has 2 aromatic rings. The molecule has 1 aliphatic rings. The second-order valence-electron chi connectivity index (χ2n) is 6.76. The summed E-state index contributed by atoms with van der Waals surface area (Å²) in [4.78, 5) is 13.8. The standard InChI is InChI=1S/C16H23N5O4S/c1-10-7-15(19-25-10)17-16(22)20(4)8-14-11(2)18-21(12(14)3)13-5-6-26(23,24)9-13/h7,13H,5-6,8-9H2,1-4H3,(H,17,19,22). The van der Waals surface area contributed by atoms with Gasteiger partial charge in [-0.25, -0.2) is 13.2 Å². The molecule has 142 valence electrons. The average Bonchev–Trinajstić information content (AvgIpc) is 3.20. The molecule has 2 amide bonds. The van der Waals surface area contributed by atoms with E-state index in [0.717, 1.165) is 17.0 Å². The van der Waals surface area contributed by atoms with Gasteiger partial charge in [-0.1, -0.05) is 5.16 Å². The van der Waals surface area contributed by atoms with E-state index in [4.69, 9.17) is 4.52 Å². The molecule has 0 aromatic carbocycles. The quantitative estimate of drug-likeness (QED) is 0.865. The van der Waals surface area contributed by atoms with Crippen LogP contribution in [0.4, 0.5) is 10.6 Å². The van der Waals surface area contributed by atoms with Crippen molar-refractivity contribution in [2.24, 2.45) is 0 Å². The Balaban J connectivity index is 1.72. The van der Waals surface area contributed by atoms with Crippen molar-refractivity contribution in [1.82, 2.24) is 19.8 Å². The fourth-order valence-electron chi connectivity index (χ4n) is 3.19.